The first-order valence-electron chi connectivity index (χ1n) is 17.6. The number of aromatic nitrogens is 1. The summed E-state index contributed by atoms with van der Waals surface area (Å²) in [5.74, 6) is -0.606. The van der Waals surface area contributed by atoms with Gasteiger partial charge in [0.15, 0.2) is 5.13 Å². The van der Waals surface area contributed by atoms with E-state index in [1.54, 1.807) is 42.5 Å². The van der Waals surface area contributed by atoms with E-state index in [9.17, 15) is 14.4 Å². The molecule has 1 heterocycles. The lowest BCUT2D eigenvalue weighted by Crippen LogP contribution is -2.30. The van der Waals surface area contributed by atoms with E-state index in [0.29, 0.717) is 34.3 Å². The van der Waals surface area contributed by atoms with Gasteiger partial charge in [0.2, 0.25) is 5.91 Å². The largest absolute Gasteiger partial charge is 0.493 e. The van der Waals surface area contributed by atoms with Crippen LogP contribution in [-0.2, 0) is 9.59 Å². The second-order valence-corrected chi connectivity index (χ2v) is 14.4. The summed E-state index contributed by atoms with van der Waals surface area (Å²) in [5, 5.41) is 12.8. The smallest absolute Gasteiger partial charge is 0.272 e. The number of thioether (sulfide) groups is 1. The van der Waals surface area contributed by atoms with Crippen LogP contribution in [0.25, 0.3) is 28.1 Å². The van der Waals surface area contributed by atoms with Gasteiger partial charge in [0, 0.05) is 32.7 Å². The Kier molecular flexibility index (Phi) is 11.8. The highest BCUT2D eigenvalue weighted by Crippen LogP contribution is 2.38. The van der Waals surface area contributed by atoms with Crippen LogP contribution in [0.3, 0.4) is 0 Å². The molecular formula is C45H36N4O4S2. The number of nitrogens with one attached hydrogen (secondary N) is 3. The molecular weight excluding hydrogens is 725 g/mol. The highest BCUT2D eigenvalue weighted by atomic mass is 32.2. The number of benzene rings is 6. The lowest BCUT2D eigenvalue weighted by atomic mass is 10.1. The molecule has 0 aliphatic rings. The Bertz CT molecular complexity index is 2480. The van der Waals surface area contributed by atoms with Gasteiger partial charge >= 0.3 is 0 Å². The molecule has 0 aliphatic heterocycles. The SMILES string of the molecule is CCOc1ccccc1/C=C(/NC(=O)c1ccccc1)C(=O)Nc1cccc(SC(C(=O)Nc2nc(-c3ccc4ccccc4c3)cs2)c2ccccc2)c1. The average molecular weight is 761 g/mol. The minimum Gasteiger partial charge on any atom is -0.493 e. The molecule has 7 rings (SSSR count). The third-order valence-electron chi connectivity index (χ3n) is 8.51. The Hall–Kier alpha value is -6.49. The monoisotopic (exact) mass is 760 g/mol. The summed E-state index contributed by atoms with van der Waals surface area (Å²) in [4.78, 5) is 46.6. The number of hydrogen-bond donors (Lipinski definition) is 3. The zero-order valence-electron chi connectivity index (χ0n) is 29.8. The Morgan fingerprint density at radius 2 is 1.49 bits per heavy atom. The Balaban J connectivity index is 1.10. The summed E-state index contributed by atoms with van der Waals surface area (Å²) < 4.78 is 5.78. The maximum absolute atomic E-state index is 14.0. The summed E-state index contributed by atoms with van der Waals surface area (Å²) >= 11 is 2.73. The molecule has 10 heteroatoms. The van der Waals surface area contributed by atoms with Crippen molar-refractivity contribution in [1.29, 1.82) is 0 Å². The van der Waals surface area contributed by atoms with Gasteiger partial charge in [-0.2, -0.15) is 0 Å². The second-order valence-electron chi connectivity index (χ2n) is 12.3. The van der Waals surface area contributed by atoms with Crippen LogP contribution in [0.1, 0.15) is 33.7 Å². The third-order valence-corrected chi connectivity index (χ3v) is 10.5. The molecule has 1 aromatic heterocycles. The first-order chi connectivity index (χ1) is 26.9. The van der Waals surface area contributed by atoms with Crippen LogP contribution in [0.15, 0.2) is 168 Å². The number of fused-ring (bicyclic) bond motifs is 1. The van der Waals surface area contributed by atoms with Gasteiger partial charge in [-0.25, -0.2) is 4.98 Å². The normalized spacial score (nSPS) is 11.8. The lowest BCUT2D eigenvalue weighted by Gasteiger charge is -2.17. The minimum absolute atomic E-state index is 0.0344. The van der Waals surface area contributed by atoms with E-state index < -0.39 is 17.1 Å². The van der Waals surface area contributed by atoms with E-state index in [2.05, 4.69) is 40.2 Å². The Morgan fingerprint density at radius 3 is 2.29 bits per heavy atom. The number of carbonyl (C=O) groups is 3. The zero-order chi connectivity index (χ0) is 38.0. The van der Waals surface area contributed by atoms with Gasteiger partial charge in [-0.3, -0.25) is 14.4 Å². The molecule has 1 unspecified atom stereocenters. The number of hydrogen-bond acceptors (Lipinski definition) is 7. The van der Waals surface area contributed by atoms with E-state index in [-0.39, 0.29) is 11.6 Å². The number of ether oxygens (including phenoxy) is 1. The van der Waals surface area contributed by atoms with Crippen LogP contribution in [0, 0.1) is 0 Å². The molecule has 3 N–H and O–H groups in total. The summed E-state index contributed by atoms with van der Waals surface area (Å²) in [6, 6.07) is 47.1. The molecule has 0 bridgehead atoms. The Labute approximate surface area is 327 Å². The predicted octanol–water partition coefficient (Wildman–Crippen LogP) is 10.2. The topological polar surface area (TPSA) is 109 Å². The fourth-order valence-electron chi connectivity index (χ4n) is 5.85. The van der Waals surface area contributed by atoms with Gasteiger partial charge < -0.3 is 20.7 Å². The maximum atomic E-state index is 14.0. The van der Waals surface area contributed by atoms with Crippen LogP contribution in [0.5, 0.6) is 5.75 Å². The van der Waals surface area contributed by atoms with Crippen molar-refractivity contribution in [3.63, 3.8) is 0 Å². The lowest BCUT2D eigenvalue weighted by molar-refractivity contribution is -0.116. The quantitative estimate of drug-likeness (QED) is 0.0798. The summed E-state index contributed by atoms with van der Waals surface area (Å²) in [7, 11) is 0. The molecule has 7 aromatic rings. The molecule has 0 spiro atoms. The molecule has 6 aromatic carbocycles. The number of anilines is 2. The van der Waals surface area contributed by atoms with Crippen molar-refractivity contribution < 1.29 is 19.1 Å². The number of carbonyl (C=O) groups excluding carboxylic acids is 3. The fraction of sp³-hybridized carbons (Fsp3) is 0.0667. The standard InChI is InChI=1S/C45H36N4O4S2/c1-2-53-40-23-12-11-20-35(40)27-38(47-42(50)32-17-7-4-8-18-32)43(51)46-36-21-13-22-37(28-36)55-41(31-15-5-3-6-16-31)44(52)49-45-48-39(29-54-45)34-25-24-30-14-9-10-19-33(30)26-34/h3-29,41H,2H2,1H3,(H,46,51)(H,47,50)(H,48,49,52)/b38-27+. The van der Waals surface area contributed by atoms with Gasteiger partial charge in [-0.05, 0) is 71.8 Å². The number of nitrogens with zero attached hydrogens (tertiary/aromatic N) is 1. The maximum Gasteiger partial charge on any atom is 0.272 e. The first kappa shape index (κ1) is 36.9. The van der Waals surface area contributed by atoms with Crippen molar-refractivity contribution in [2.24, 2.45) is 0 Å². The van der Waals surface area contributed by atoms with Crippen molar-refractivity contribution in [2.75, 3.05) is 17.2 Å². The summed E-state index contributed by atoms with van der Waals surface area (Å²) in [5.41, 5.74) is 4.13. The fourth-order valence-corrected chi connectivity index (χ4v) is 7.66. The minimum atomic E-state index is -0.629. The highest BCUT2D eigenvalue weighted by Gasteiger charge is 2.24. The van der Waals surface area contributed by atoms with E-state index in [1.807, 2.05) is 103 Å². The van der Waals surface area contributed by atoms with Crippen molar-refractivity contribution >= 4 is 68.5 Å². The predicted molar refractivity (Wildman–Crippen MR) is 223 cm³/mol. The average Bonchev–Trinajstić information content (AvgIpc) is 3.69. The molecule has 8 nitrogen and oxygen atoms in total. The number of thiazole rings is 1. The van der Waals surface area contributed by atoms with Crippen LogP contribution < -0.4 is 20.7 Å². The van der Waals surface area contributed by atoms with E-state index in [1.165, 1.54) is 23.1 Å². The second kappa shape index (κ2) is 17.6. The van der Waals surface area contributed by atoms with Gasteiger partial charge in [0.1, 0.15) is 16.7 Å². The van der Waals surface area contributed by atoms with Gasteiger partial charge in [0.05, 0.1) is 12.3 Å². The van der Waals surface area contributed by atoms with Crippen LogP contribution in [-0.4, -0.2) is 29.3 Å². The van der Waals surface area contributed by atoms with Gasteiger partial charge in [-0.15, -0.1) is 23.1 Å². The van der Waals surface area contributed by atoms with Gasteiger partial charge in [0.25, 0.3) is 11.8 Å². The molecule has 3 amide bonds. The van der Waals surface area contributed by atoms with Gasteiger partial charge in [-0.1, -0.05) is 109 Å². The van der Waals surface area contributed by atoms with Crippen molar-refractivity contribution in [3.8, 4) is 17.0 Å². The molecule has 0 aliphatic carbocycles. The molecule has 0 saturated carbocycles. The van der Waals surface area contributed by atoms with Crippen LogP contribution in [0.2, 0.25) is 0 Å². The van der Waals surface area contributed by atoms with E-state index >= 15 is 0 Å². The van der Waals surface area contributed by atoms with Crippen molar-refractivity contribution in [1.82, 2.24) is 10.3 Å². The zero-order valence-corrected chi connectivity index (χ0v) is 31.4. The van der Waals surface area contributed by atoms with Crippen molar-refractivity contribution in [2.45, 2.75) is 17.1 Å². The molecule has 55 heavy (non-hydrogen) atoms. The number of rotatable bonds is 13. The molecule has 0 saturated heterocycles. The molecule has 0 fully saturated rings. The van der Waals surface area contributed by atoms with Crippen LogP contribution >= 0.6 is 23.1 Å². The van der Waals surface area contributed by atoms with Crippen LogP contribution in [0.4, 0.5) is 10.8 Å². The number of amides is 3. The highest BCUT2D eigenvalue weighted by molar-refractivity contribution is 8.00. The molecule has 1 atom stereocenters. The van der Waals surface area contributed by atoms with E-state index in [0.717, 1.165) is 32.5 Å². The van der Waals surface area contributed by atoms with Crippen molar-refractivity contribution in [3.05, 3.63) is 179 Å². The first-order valence-corrected chi connectivity index (χ1v) is 19.4. The third kappa shape index (κ3) is 9.36. The molecule has 272 valence electrons. The van der Waals surface area contributed by atoms with E-state index in [4.69, 9.17) is 9.72 Å². The Morgan fingerprint density at radius 1 is 0.764 bits per heavy atom. The summed E-state index contributed by atoms with van der Waals surface area (Å²) in [6.45, 7) is 2.32. The summed E-state index contributed by atoms with van der Waals surface area (Å²) in [6.07, 6.45) is 1.60. The number of para-hydroxylation sites is 1. The molecule has 0 radical (unpaired) electrons.